The van der Waals surface area contributed by atoms with Crippen molar-refractivity contribution in [3.8, 4) is 5.75 Å². The number of carboxylic acids is 1. The van der Waals surface area contributed by atoms with E-state index in [0.717, 1.165) is 29.9 Å². The minimum absolute atomic E-state index is 0.0198. The zero-order valence-corrected chi connectivity index (χ0v) is 20.0. The van der Waals surface area contributed by atoms with E-state index in [1.165, 1.54) is 25.3 Å². The Hall–Kier alpha value is -3.80. The Morgan fingerprint density at radius 3 is 2.40 bits per heavy atom. The first-order chi connectivity index (χ1) is 17.1. The largest absolute Gasteiger partial charge is 0.545 e. The summed E-state index contributed by atoms with van der Waals surface area (Å²) in [6, 6.07) is 22.6. The number of rotatable bonds is 9. The van der Waals surface area contributed by atoms with E-state index in [4.69, 9.17) is 4.74 Å². The lowest BCUT2D eigenvalue weighted by Gasteiger charge is -2.33. The molecule has 0 aromatic heterocycles. The molecule has 1 N–H and O–H groups in total. The molecule has 0 radical (unpaired) electrons. The fourth-order valence-corrected chi connectivity index (χ4v) is 4.66. The third-order valence-electron chi connectivity index (χ3n) is 6.31. The molecule has 6 nitrogen and oxygen atoms in total. The molecule has 0 saturated carbocycles. The van der Waals surface area contributed by atoms with Crippen molar-refractivity contribution < 1.29 is 19.4 Å². The van der Waals surface area contributed by atoms with E-state index in [1.807, 2.05) is 42.5 Å². The van der Waals surface area contributed by atoms with Crippen LogP contribution < -0.4 is 20.1 Å². The van der Waals surface area contributed by atoms with E-state index in [1.54, 1.807) is 19.1 Å². The molecule has 1 saturated heterocycles. The molecule has 1 heterocycles. The highest BCUT2D eigenvalue weighted by atomic mass is 16.5. The van der Waals surface area contributed by atoms with E-state index < -0.39 is 5.97 Å². The minimum atomic E-state index is -1.30. The average molecular weight is 472 g/mol. The number of carboxylic acid groups (broad SMARTS) is 1. The first-order valence-electron chi connectivity index (χ1n) is 12.2. The quantitative estimate of drug-likeness (QED) is 0.512. The van der Waals surface area contributed by atoms with Crippen LogP contribution in [0.15, 0.2) is 72.8 Å². The molecule has 3 aromatic carbocycles. The molecule has 0 aliphatic carbocycles. The van der Waals surface area contributed by atoms with Gasteiger partial charge in [-0.2, -0.15) is 0 Å². The number of benzene rings is 3. The number of nitrogens with one attached hydrogen (secondary N) is 1. The Balaban J connectivity index is 1.61. The summed E-state index contributed by atoms with van der Waals surface area (Å²) in [5.41, 5.74) is 3.88. The van der Waals surface area contributed by atoms with Crippen LogP contribution in [0, 0.1) is 0 Å². The van der Waals surface area contributed by atoms with Gasteiger partial charge in [-0.1, -0.05) is 54.6 Å². The maximum atomic E-state index is 13.3. The van der Waals surface area contributed by atoms with Gasteiger partial charge < -0.3 is 24.9 Å². The number of anilines is 1. The van der Waals surface area contributed by atoms with Crippen molar-refractivity contribution >= 4 is 17.6 Å². The number of amides is 1. The summed E-state index contributed by atoms with van der Waals surface area (Å²) in [6.07, 6.45) is 3.68. The van der Waals surface area contributed by atoms with Crippen molar-refractivity contribution in [1.82, 2.24) is 5.32 Å². The first-order valence-corrected chi connectivity index (χ1v) is 12.2. The molecular weight excluding hydrogens is 440 g/mol. The number of hydrogen-bond donors (Lipinski definition) is 1. The standard InChI is InChI=1S/C29H32N2O4/c1-2-35-26-19-21(15-16-24(26)29(33)34)20-27(32)30-28(22-11-5-3-6-12-22)23-13-7-8-14-25(23)31-17-9-4-10-18-31/h3,5-8,11-16,19,28H,2,4,9-10,17-18,20H2,1H3,(H,30,32)(H,33,34)/p-1. The lowest BCUT2D eigenvalue weighted by molar-refractivity contribution is -0.255. The predicted octanol–water partition coefficient (Wildman–Crippen LogP) is 3.89. The van der Waals surface area contributed by atoms with Crippen molar-refractivity contribution in [3.05, 3.63) is 95.1 Å². The summed E-state index contributed by atoms with van der Waals surface area (Å²) in [4.78, 5) is 27.0. The number of aromatic carboxylic acids is 1. The summed E-state index contributed by atoms with van der Waals surface area (Å²) < 4.78 is 5.47. The van der Waals surface area contributed by atoms with Crippen LogP contribution in [0.3, 0.4) is 0 Å². The van der Waals surface area contributed by atoms with Crippen LogP contribution in [0.5, 0.6) is 5.75 Å². The molecule has 1 fully saturated rings. The topological polar surface area (TPSA) is 81.7 Å². The normalized spacial score (nSPS) is 14.3. The van der Waals surface area contributed by atoms with Gasteiger partial charge in [0.1, 0.15) is 5.75 Å². The molecule has 182 valence electrons. The first kappa shape index (κ1) is 24.3. The fourth-order valence-electron chi connectivity index (χ4n) is 4.66. The molecule has 1 unspecified atom stereocenters. The molecule has 3 aromatic rings. The van der Waals surface area contributed by atoms with Crippen molar-refractivity contribution in [2.45, 2.75) is 38.6 Å². The lowest BCUT2D eigenvalue weighted by atomic mass is 9.95. The highest BCUT2D eigenvalue weighted by Gasteiger charge is 2.23. The zero-order chi connectivity index (χ0) is 24.6. The second-order valence-corrected chi connectivity index (χ2v) is 8.75. The van der Waals surface area contributed by atoms with Crippen molar-refractivity contribution in [2.75, 3.05) is 24.6 Å². The van der Waals surface area contributed by atoms with Gasteiger partial charge in [0, 0.05) is 29.9 Å². The predicted molar refractivity (Wildman–Crippen MR) is 135 cm³/mol. The van der Waals surface area contributed by atoms with Crippen molar-refractivity contribution in [2.24, 2.45) is 0 Å². The fraction of sp³-hybridized carbons (Fsp3) is 0.310. The molecule has 1 atom stereocenters. The SMILES string of the molecule is CCOc1cc(CC(=O)NC(c2ccccc2)c2ccccc2N2CCCCC2)ccc1C(=O)[O-]. The summed E-state index contributed by atoms with van der Waals surface area (Å²) in [6.45, 7) is 4.12. The van der Waals surface area contributed by atoms with Gasteiger partial charge in [-0.15, -0.1) is 0 Å². The van der Waals surface area contributed by atoms with E-state index in [-0.39, 0.29) is 29.7 Å². The lowest BCUT2D eigenvalue weighted by Crippen LogP contribution is -2.34. The summed E-state index contributed by atoms with van der Waals surface area (Å²) >= 11 is 0. The Kier molecular flexibility index (Phi) is 8.03. The molecule has 1 amide bonds. The molecular formula is C29H31N2O4-. The third-order valence-corrected chi connectivity index (χ3v) is 6.31. The Morgan fingerprint density at radius 2 is 1.69 bits per heavy atom. The highest BCUT2D eigenvalue weighted by molar-refractivity contribution is 5.89. The molecule has 0 bridgehead atoms. The van der Waals surface area contributed by atoms with Crippen molar-refractivity contribution in [1.29, 1.82) is 0 Å². The van der Waals surface area contributed by atoms with E-state index >= 15 is 0 Å². The van der Waals surface area contributed by atoms with Gasteiger partial charge in [0.2, 0.25) is 5.91 Å². The van der Waals surface area contributed by atoms with Gasteiger partial charge in [-0.3, -0.25) is 4.79 Å². The molecule has 4 rings (SSSR count). The number of carbonyl (C=O) groups excluding carboxylic acids is 2. The molecule has 0 spiro atoms. The number of ether oxygens (including phenoxy) is 1. The zero-order valence-electron chi connectivity index (χ0n) is 20.0. The number of hydrogen-bond acceptors (Lipinski definition) is 5. The Morgan fingerprint density at radius 1 is 0.971 bits per heavy atom. The van der Waals surface area contributed by atoms with Crippen molar-refractivity contribution in [3.63, 3.8) is 0 Å². The smallest absolute Gasteiger partial charge is 0.225 e. The van der Waals surface area contributed by atoms with Crippen LogP contribution in [-0.4, -0.2) is 31.6 Å². The number of para-hydroxylation sites is 1. The van der Waals surface area contributed by atoms with Crippen LogP contribution in [0.4, 0.5) is 5.69 Å². The Labute approximate surface area is 206 Å². The van der Waals surface area contributed by atoms with E-state index in [0.29, 0.717) is 12.2 Å². The van der Waals surface area contributed by atoms with E-state index in [2.05, 4.69) is 22.3 Å². The summed E-state index contributed by atoms with van der Waals surface area (Å²) in [5.74, 6) is -1.24. The monoisotopic (exact) mass is 471 g/mol. The Bertz CT molecular complexity index is 1160. The van der Waals surface area contributed by atoms with Crippen LogP contribution in [0.1, 0.15) is 59.3 Å². The maximum absolute atomic E-state index is 13.3. The second-order valence-electron chi connectivity index (χ2n) is 8.75. The van der Waals surface area contributed by atoms with Crippen LogP contribution >= 0.6 is 0 Å². The number of carbonyl (C=O) groups is 2. The van der Waals surface area contributed by atoms with Crippen LogP contribution in [0.2, 0.25) is 0 Å². The number of piperidine rings is 1. The van der Waals surface area contributed by atoms with Gasteiger partial charge in [-0.25, -0.2) is 0 Å². The summed E-state index contributed by atoms with van der Waals surface area (Å²) in [5, 5.41) is 14.6. The maximum Gasteiger partial charge on any atom is 0.225 e. The molecule has 6 heteroatoms. The molecule has 35 heavy (non-hydrogen) atoms. The van der Waals surface area contributed by atoms with Gasteiger partial charge in [0.05, 0.1) is 25.0 Å². The van der Waals surface area contributed by atoms with Crippen LogP contribution in [0.25, 0.3) is 0 Å². The van der Waals surface area contributed by atoms with Gasteiger partial charge in [-0.05, 0) is 55.5 Å². The number of nitrogens with zero attached hydrogens (tertiary/aromatic N) is 1. The van der Waals surface area contributed by atoms with E-state index in [9.17, 15) is 14.7 Å². The van der Waals surface area contributed by atoms with Crippen LogP contribution in [-0.2, 0) is 11.2 Å². The summed E-state index contributed by atoms with van der Waals surface area (Å²) in [7, 11) is 0. The van der Waals surface area contributed by atoms with Gasteiger partial charge >= 0.3 is 0 Å². The minimum Gasteiger partial charge on any atom is -0.545 e. The average Bonchev–Trinajstić information content (AvgIpc) is 2.88. The highest BCUT2D eigenvalue weighted by Crippen LogP contribution is 2.32. The third kappa shape index (κ3) is 6.01. The molecule has 1 aliphatic rings. The van der Waals surface area contributed by atoms with Gasteiger partial charge in [0.25, 0.3) is 0 Å². The van der Waals surface area contributed by atoms with Gasteiger partial charge in [0.15, 0.2) is 0 Å². The molecule has 1 aliphatic heterocycles. The second kappa shape index (κ2) is 11.6.